The van der Waals surface area contributed by atoms with Crippen molar-refractivity contribution in [1.29, 1.82) is 0 Å². The Morgan fingerprint density at radius 1 is 0.333 bits per heavy atom. The Morgan fingerprint density at radius 3 is 1.42 bits per heavy atom. The zero-order chi connectivity index (χ0) is 37.5. The third-order valence-corrected chi connectivity index (χ3v) is 13.8. The minimum absolute atomic E-state index is 1.12. The van der Waals surface area contributed by atoms with Gasteiger partial charge in [0.2, 0.25) is 0 Å². The Bertz CT molecular complexity index is 3370. The van der Waals surface area contributed by atoms with E-state index in [1.54, 1.807) is 0 Å². The fourth-order valence-electron chi connectivity index (χ4n) is 8.72. The van der Waals surface area contributed by atoms with Gasteiger partial charge in [0.1, 0.15) is 0 Å². The lowest BCUT2D eigenvalue weighted by molar-refractivity contribution is 1.30. The molecule has 0 N–H and O–H groups in total. The second-order valence-corrected chi connectivity index (χ2v) is 16.9. The van der Waals surface area contributed by atoms with E-state index in [-0.39, 0.29) is 0 Å². The molecule has 12 rings (SSSR count). The van der Waals surface area contributed by atoms with Crippen LogP contribution in [0.5, 0.6) is 0 Å². The predicted molar refractivity (Wildman–Crippen MR) is 248 cm³/mol. The second kappa shape index (κ2) is 12.9. The molecule has 0 bridgehead atoms. The minimum Gasteiger partial charge on any atom is -0.310 e. The van der Waals surface area contributed by atoms with Crippen molar-refractivity contribution in [2.75, 3.05) is 4.90 Å². The summed E-state index contributed by atoms with van der Waals surface area (Å²) in [7, 11) is 0. The topological polar surface area (TPSA) is 16.1 Å². The molecule has 0 atom stereocenters. The Morgan fingerprint density at radius 2 is 0.825 bits per heavy atom. The normalized spacial score (nSPS) is 11.9. The Hall–Kier alpha value is -6.85. The molecule has 0 saturated heterocycles. The molecule has 266 valence electrons. The van der Waals surface area contributed by atoms with Crippen molar-refractivity contribution in [3.63, 3.8) is 0 Å². The van der Waals surface area contributed by atoms with Crippen molar-refractivity contribution in [3.8, 4) is 22.3 Å². The molecule has 2 nitrogen and oxygen atoms in total. The molecule has 0 aliphatic carbocycles. The lowest BCUT2D eigenvalue weighted by atomic mass is 9.98. The van der Waals surface area contributed by atoms with E-state index in [0.29, 0.717) is 0 Å². The lowest BCUT2D eigenvalue weighted by Gasteiger charge is -2.26. The van der Waals surface area contributed by atoms with Gasteiger partial charge in [-0.2, -0.15) is 0 Å². The first-order chi connectivity index (χ1) is 28.2. The largest absolute Gasteiger partial charge is 0.310 e. The zero-order valence-electron chi connectivity index (χ0n) is 30.7. The number of pyridine rings is 1. The van der Waals surface area contributed by atoms with Gasteiger partial charge in [-0.1, -0.05) is 121 Å². The summed E-state index contributed by atoms with van der Waals surface area (Å²) in [5, 5.41) is 12.8. The summed E-state index contributed by atoms with van der Waals surface area (Å²) in [5.41, 5.74) is 8.18. The Balaban J connectivity index is 0.968. The third-order valence-electron chi connectivity index (χ3n) is 11.5. The van der Waals surface area contributed by atoms with E-state index in [4.69, 9.17) is 0 Å². The van der Waals surface area contributed by atoms with Gasteiger partial charge in [-0.3, -0.25) is 4.98 Å². The maximum absolute atomic E-state index is 4.32. The summed E-state index contributed by atoms with van der Waals surface area (Å²) in [6.45, 7) is 0. The molecule has 57 heavy (non-hydrogen) atoms. The monoisotopic (exact) mass is 760 g/mol. The van der Waals surface area contributed by atoms with Crippen LogP contribution in [0.4, 0.5) is 17.1 Å². The zero-order valence-corrected chi connectivity index (χ0v) is 32.3. The van der Waals surface area contributed by atoms with Gasteiger partial charge in [-0.25, -0.2) is 0 Å². The first-order valence-corrected chi connectivity index (χ1v) is 20.9. The van der Waals surface area contributed by atoms with E-state index in [2.05, 4.69) is 192 Å². The molecule has 3 aromatic heterocycles. The highest BCUT2D eigenvalue weighted by Crippen LogP contribution is 2.45. The van der Waals surface area contributed by atoms with Gasteiger partial charge < -0.3 is 4.90 Å². The SMILES string of the molecule is c1ccc2c(c1)ccc1sc3cc(N(c4ccc(-c5ccc(-c6ccc7ccncc7c6)cc5)cc4)c4ccc5c(c4)sc4ccc6ccccc6c45)ccc3c12. The number of benzene rings is 9. The van der Waals surface area contributed by atoms with Gasteiger partial charge >= 0.3 is 0 Å². The summed E-state index contributed by atoms with van der Waals surface area (Å²) >= 11 is 3.75. The van der Waals surface area contributed by atoms with Crippen LogP contribution >= 0.6 is 22.7 Å². The van der Waals surface area contributed by atoms with Crippen LogP contribution in [0.15, 0.2) is 194 Å². The molecule has 0 aliphatic heterocycles. The van der Waals surface area contributed by atoms with Gasteiger partial charge in [-0.05, 0) is 110 Å². The minimum atomic E-state index is 1.12. The van der Waals surface area contributed by atoms with Crippen LogP contribution in [0.1, 0.15) is 0 Å². The first-order valence-electron chi connectivity index (χ1n) is 19.2. The van der Waals surface area contributed by atoms with Crippen molar-refractivity contribution in [2.45, 2.75) is 0 Å². The van der Waals surface area contributed by atoms with Crippen LogP contribution in [-0.2, 0) is 0 Å². The van der Waals surface area contributed by atoms with Crippen molar-refractivity contribution in [3.05, 3.63) is 194 Å². The molecule has 3 heterocycles. The predicted octanol–water partition coefficient (Wildman–Crippen LogP) is 16.1. The van der Waals surface area contributed by atoms with Gasteiger partial charge in [0, 0.05) is 75.2 Å². The van der Waals surface area contributed by atoms with Crippen LogP contribution in [0, 0.1) is 0 Å². The molecule has 0 spiro atoms. The second-order valence-electron chi connectivity index (χ2n) is 14.8. The van der Waals surface area contributed by atoms with Crippen LogP contribution in [0.3, 0.4) is 0 Å². The highest BCUT2D eigenvalue weighted by molar-refractivity contribution is 7.26. The molecule has 0 amide bonds. The molecule has 4 heteroatoms. The van der Waals surface area contributed by atoms with Gasteiger partial charge in [0.05, 0.1) is 0 Å². The smallest absolute Gasteiger partial charge is 0.0476 e. The molecular weight excluding hydrogens is 729 g/mol. The van der Waals surface area contributed by atoms with Gasteiger partial charge in [-0.15, -0.1) is 22.7 Å². The summed E-state index contributed by atoms with van der Waals surface area (Å²) in [4.78, 5) is 6.74. The maximum atomic E-state index is 4.32. The fraction of sp³-hybridized carbons (Fsp3) is 0. The molecule has 0 saturated carbocycles. The van der Waals surface area contributed by atoms with Crippen LogP contribution < -0.4 is 4.90 Å². The molecule has 0 aliphatic rings. The molecule has 0 fully saturated rings. The standard InChI is InChI=1S/C53H32N2S2/c1-3-7-44-37(5-1)17-25-48-52(44)46-23-21-42(30-50(46)56-48)55(43-22-24-47-51(31-43)57-49-26-18-38-6-2-4-8-45(38)53(47)49)41-19-15-34(16-20-41)33-9-11-35(12-10-33)39-14-13-36-27-28-54-32-40(36)29-39/h1-32H. The number of nitrogens with zero attached hydrogens (tertiary/aromatic N) is 2. The van der Waals surface area contributed by atoms with E-state index >= 15 is 0 Å². The van der Waals surface area contributed by atoms with E-state index in [9.17, 15) is 0 Å². The summed E-state index contributed by atoms with van der Waals surface area (Å²) in [5.74, 6) is 0. The maximum Gasteiger partial charge on any atom is 0.0476 e. The Labute approximate surface area is 337 Å². The highest BCUT2D eigenvalue weighted by atomic mass is 32.1. The quantitative estimate of drug-likeness (QED) is 0.174. The number of hydrogen-bond acceptors (Lipinski definition) is 4. The first kappa shape index (κ1) is 32.4. The summed E-state index contributed by atoms with van der Waals surface area (Å²) in [6.07, 6.45) is 3.78. The van der Waals surface area contributed by atoms with Crippen molar-refractivity contribution < 1.29 is 0 Å². The Kier molecular flexibility index (Phi) is 7.31. The highest BCUT2D eigenvalue weighted by Gasteiger charge is 2.18. The number of anilines is 3. The van der Waals surface area contributed by atoms with Crippen LogP contribution in [0.2, 0.25) is 0 Å². The van der Waals surface area contributed by atoms with E-state index < -0.39 is 0 Å². The molecule has 0 unspecified atom stereocenters. The number of rotatable bonds is 5. The average molecular weight is 761 g/mol. The summed E-state index contributed by atoms with van der Waals surface area (Å²) in [6, 6.07) is 67.2. The lowest BCUT2D eigenvalue weighted by Crippen LogP contribution is -2.09. The summed E-state index contributed by atoms with van der Waals surface area (Å²) < 4.78 is 5.22. The van der Waals surface area contributed by atoms with Gasteiger partial charge in [0.25, 0.3) is 0 Å². The number of aromatic nitrogens is 1. The fourth-order valence-corrected chi connectivity index (χ4v) is 11.0. The molecule has 0 radical (unpaired) electrons. The van der Waals surface area contributed by atoms with E-state index in [1.165, 1.54) is 89.5 Å². The van der Waals surface area contributed by atoms with E-state index in [1.807, 2.05) is 35.1 Å². The van der Waals surface area contributed by atoms with Gasteiger partial charge in [0.15, 0.2) is 0 Å². The third kappa shape index (κ3) is 5.33. The van der Waals surface area contributed by atoms with Crippen molar-refractivity contribution >= 4 is 112 Å². The van der Waals surface area contributed by atoms with Crippen molar-refractivity contribution in [2.24, 2.45) is 0 Å². The van der Waals surface area contributed by atoms with Crippen molar-refractivity contribution in [1.82, 2.24) is 4.98 Å². The molecule has 12 aromatic rings. The van der Waals surface area contributed by atoms with Crippen LogP contribution in [-0.4, -0.2) is 4.98 Å². The average Bonchev–Trinajstić information content (AvgIpc) is 3.85. The van der Waals surface area contributed by atoms with Crippen LogP contribution in [0.25, 0.3) is 94.9 Å². The molecule has 9 aromatic carbocycles. The number of fused-ring (bicyclic) bond motifs is 11. The van der Waals surface area contributed by atoms with E-state index in [0.717, 1.165) is 22.4 Å². The number of hydrogen-bond donors (Lipinski definition) is 0. The molecular formula is C53H32N2S2. The number of thiophene rings is 2.